The first-order valence-corrected chi connectivity index (χ1v) is 11.7. The smallest absolute Gasteiger partial charge is 0.231 e. The molecule has 6 nitrogen and oxygen atoms in total. The highest BCUT2D eigenvalue weighted by atomic mass is 32.1. The molecule has 2 amide bonds. The van der Waals surface area contributed by atoms with E-state index in [0.717, 1.165) is 36.5 Å². The molecule has 0 spiro atoms. The number of amides is 2. The molecular weight excluding hydrogens is 392 g/mol. The normalized spacial score (nSPS) is 18.5. The van der Waals surface area contributed by atoms with E-state index in [-0.39, 0.29) is 11.8 Å². The van der Waals surface area contributed by atoms with Crippen LogP contribution in [0.25, 0.3) is 0 Å². The van der Waals surface area contributed by atoms with Crippen molar-refractivity contribution in [3.8, 4) is 0 Å². The van der Waals surface area contributed by atoms with E-state index in [9.17, 15) is 9.59 Å². The summed E-state index contributed by atoms with van der Waals surface area (Å²) in [6.45, 7) is 4.12. The molecular formula is C20H26N4O2S2. The number of aromatic nitrogens is 1. The van der Waals surface area contributed by atoms with Gasteiger partial charge < -0.3 is 15.1 Å². The maximum atomic E-state index is 12.6. The summed E-state index contributed by atoms with van der Waals surface area (Å²) < 4.78 is 0. The molecule has 2 aliphatic heterocycles. The standard InChI is InChI=1S/C20H26N4O2S2/c25-18(13-17-4-3-11-27-17)22-20-21-15(14-28-20)12-19(26)24-9-5-16(6-10-24)23-7-1-2-8-23/h3-4,11,14,16H,1-2,5-10,12-13H2,(H,21,22,25). The number of carbonyl (C=O) groups excluding carboxylic acids is 2. The Morgan fingerprint density at radius 1 is 1.11 bits per heavy atom. The van der Waals surface area contributed by atoms with Gasteiger partial charge >= 0.3 is 0 Å². The van der Waals surface area contributed by atoms with Crippen molar-refractivity contribution < 1.29 is 9.59 Å². The van der Waals surface area contributed by atoms with Gasteiger partial charge in [-0.15, -0.1) is 22.7 Å². The number of thiazole rings is 1. The fourth-order valence-corrected chi connectivity index (χ4v) is 5.46. The fourth-order valence-electron chi connectivity index (χ4n) is 4.03. The van der Waals surface area contributed by atoms with Gasteiger partial charge in [-0.3, -0.25) is 9.59 Å². The molecule has 2 aromatic rings. The summed E-state index contributed by atoms with van der Waals surface area (Å²) in [5.41, 5.74) is 0.739. The van der Waals surface area contributed by atoms with Crippen molar-refractivity contribution in [3.05, 3.63) is 33.5 Å². The van der Waals surface area contributed by atoms with E-state index in [0.29, 0.717) is 24.0 Å². The van der Waals surface area contributed by atoms with Crippen LogP contribution in [0.2, 0.25) is 0 Å². The Morgan fingerprint density at radius 2 is 1.89 bits per heavy atom. The molecule has 0 aromatic carbocycles. The molecule has 2 saturated heterocycles. The molecule has 8 heteroatoms. The van der Waals surface area contributed by atoms with E-state index in [2.05, 4.69) is 15.2 Å². The van der Waals surface area contributed by atoms with Gasteiger partial charge in [0.2, 0.25) is 11.8 Å². The monoisotopic (exact) mass is 418 g/mol. The molecule has 0 unspecified atom stereocenters. The number of likely N-dealkylation sites (tertiary alicyclic amines) is 2. The zero-order valence-electron chi connectivity index (χ0n) is 15.9. The van der Waals surface area contributed by atoms with Crippen molar-refractivity contribution in [2.75, 3.05) is 31.5 Å². The molecule has 4 heterocycles. The van der Waals surface area contributed by atoms with Crippen LogP contribution in [0.15, 0.2) is 22.9 Å². The molecule has 2 fully saturated rings. The lowest BCUT2D eigenvalue weighted by atomic mass is 10.0. The largest absolute Gasteiger partial charge is 0.342 e. The maximum Gasteiger partial charge on any atom is 0.231 e. The van der Waals surface area contributed by atoms with E-state index < -0.39 is 0 Å². The van der Waals surface area contributed by atoms with Crippen molar-refractivity contribution in [1.29, 1.82) is 0 Å². The third-order valence-electron chi connectivity index (χ3n) is 5.52. The molecule has 0 radical (unpaired) electrons. The van der Waals surface area contributed by atoms with Gasteiger partial charge in [0, 0.05) is 29.4 Å². The van der Waals surface area contributed by atoms with Crippen LogP contribution in [0.3, 0.4) is 0 Å². The Kier molecular flexibility index (Phi) is 6.39. The summed E-state index contributed by atoms with van der Waals surface area (Å²) in [7, 11) is 0. The molecule has 28 heavy (non-hydrogen) atoms. The lowest BCUT2D eigenvalue weighted by molar-refractivity contribution is -0.132. The molecule has 150 valence electrons. The van der Waals surface area contributed by atoms with Crippen LogP contribution in [0, 0.1) is 0 Å². The third-order valence-corrected chi connectivity index (χ3v) is 7.20. The van der Waals surface area contributed by atoms with Crippen molar-refractivity contribution in [3.63, 3.8) is 0 Å². The summed E-state index contributed by atoms with van der Waals surface area (Å²) in [5, 5.41) is 7.23. The quantitative estimate of drug-likeness (QED) is 0.783. The minimum absolute atomic E-state index is 0.0707. The molecule has 0 aliphatic carbocycles. The van der Waals surface area contributed by atoms with Gasteiger partial charge in [-0.1, -0.05) is 6.07 Å². The maximum absolute atomic E-state index is 12.6. The van der Waals surface area contributed by atoms with Crippen molar-refractivity contribution in [2.24, 2.45) is 0 Å². The van der Waals surface area contributed by atoms with Crippen LogP contribution in [-0.2, 0) is 22.4 Å². The predicted octanol–water partition coefficient (Wildman–Crippen LogP) is 3.02. The summed E-state index contributed by atoms with van der Waals surface area (Å²) in [4.78, 5) is 34.7. The number of rotatable bonds is 6. The number of carbonyl (C=O) groups is 2. The number of piperidine rings is 1. The molecule has 0 atom stereocenters. The average molecular weight is 419 g/mol. The average Bonchev–Trinajstić information content (AvgIpc) is 3.45. The Labute approximate surface area is 173 Å². The van der Waals surface area contributed by atoms with Gasteiger partial charge in [-0.05, 0) is 50.2 Å². The van der Waals surface area contributed by atoms with E-state index in [4.69, 9.17) is 0 Å². The molecule has 2 aliphatic rings. The lowest BCUT2D eigenvalue weighted by Gasteiger charge is -2.36. The number of nitrogens with one attached hydrogen (secondary N) is 1. The molecule has 0 bridgehead atoms. The Morgan fingerprint density at radius 3 is 2.61 bits per heavy atom. The molecule has 2 aromatic heterocycles. The zero-order chi connectivity index (χ0) is 19.3. The number of nitrogens with zero attached hydrogens (tertiary/aromatic N) is 3. The molecule has 0 saturated carbocycles. The predicted molar refractivity (Wildman–Crippen MR) is 113 cm³/mol. The lowest BCUT2D eigenvalue weighted by Crippen LogP contribution is -2.46. The highest BCUT2D eigenvalue weighted by Gasteiger charge is 2.28. The Bertz CT molecular complexity index is 791. The van der Waals surface area contributed by atoms with E-state index >= 15 is 0 Å². The van der Waals surface area contributed by atoms with Crippen molar-refractivity contribution >= 4 is 39.6 Å². The summed E-state index contributed by atoms with van der Waals surface area (Å²) in [6, 6.07) is 4.54. The van der Waals surface area contributed by atoms with E-state index in [1.54, 1.807) is 11.3 Å². The third kappa shape index (κ3) is 4.98. The highest BCUT2D eigenvalue weighted by molar-refractivity contribution is 7.14. The second-order valence-electron chi connectivity index (χ2n) is 7.48. The van der Waals surface area contributed by atoms with Gasteiger partial charge in [-0.2, -0.15) is 0 Å². The van der Waals surface area contributed by atoms with Gasteiger partial charge in [-0.25, -0.2) is 4.98 Å². The number of hydrogen-bond donors (Lipinski definition) is 1. The van der Waals surface area contributed by atoms with Crippen LogP contribution in [0.1, 0.15) is 36.3 Å². The van der Waals surface area contributed by atoms with Crippen molar-refractivity contribution in [2.45, 2.75) is 44.6 Å². The Hall–Kier alpha value is -1.77. The topological polar surface area (TPSA) is 65.5 Å². The van der Waals surface area contributed by atoms with E-state index in [1.807, 2.05) is 27.8 Å². The molecule has 4 rings (SSSR count). The van der Waals surface area contributed by atoms with Crippen molar-refractivity contribution in [1.82, 2.24) is 14.8 Å². The minimum Gasteiger partial charge on any atom is -0.342 e. The summed E-state index contributed by atoms with van der Waals surface area (Å²) in [5.74, 6) is 0.0697. The van der Waals surface area contributed by atoms with Crippen LogP contribution in [0.4, 0.5) is 5.13 Å². The van der Waals surface area contributed by atoms with Crippen LogP contribution in [-0.4, -0.2) is 58.8 Å². The first kappa shape index (κ1) is 19.5. The number of thiophene rings is 1. The number of hydrogen-bond acceptors (Lipinski definition) is 6. The van der Waals surface area contributed by atoms with Crippen LogP contribution in [0.5, 0.6) is 0 Å². The number of anilines is 1. The van der Waals surface area contributed by atoms with Gasteiger partial charge in [0.15, 0.2) is 5.13 Å². The minimum atomic E-state index is -0.0707. The van der Waals surface area contributed by atoms with Gasteiger partial charge in [0.1, 0.15) is 0 Å². The highest BCUT2D eigenvalue weighted by Crippen LogP contribution is 2.22. The zero-order valence-corrected chi connectivity index (χ0v) is 17.6. The molecule has 1 N–H and O–H groups in total. The first-order valence-electron chi connectivity index (χ1n) is 9.96. The van der Waals surface area contributed by atoms with Gasteiger partial charge in [0.25, 0.3) is 0 Å². The summed E-state index contributed by atoms with van der Waals surface area (Å²) >= 11 is 2.95. The van der Waals surface area contributed by atoms with Crippen LogP contribution < -0.4 is 5.32 Å². The van der Waals surface area contributed by atoms with E-state index in [1.165, 1.54) is 37.3 Å². The SMILES string of the molecule is O=C(Cc1cccs1)Nc1nc(CC(=O)N2CCC(N3CCCC3)CC2)cs1. The summed E-state index contributed by atoms with van der Waals surface area (Å²) in [6.07, 6.45) is 5.45. The van der Waals surface area contributed by atoms with Crippen LogP contribution >= 0.6 is 22.7 Å². The Balaban J connectivity index is 1.23. The second-order valence-corrected chi connectivity index (χ2v) is 9.37. The fraction of sp³-hybridized carbons (Fsp3) is 0.550. The second kappa shape index (κ2) is 9.15. The van der Waals surface area contributed by atoms with Gasteiger partial charge in [0.05, 0.1) is 18.5 Å². The first-order chi connectivity index (χ1) is 13.7.